The van der Waals surface area contributed by atoms with Gasteiger partial charge in [-0.1, -0.05) is 12.2 Å². The van der Waals surface area contributed by atoms with Crippen LogP contribution in [0.25, 0.3) is 11.3 Å². The SMILES string of the molecule is O=C(O)c1cc(C2=CN=CCC=C2)nn1-c1ccc([N+](=O)[O-])cc1. The van der Waals surface area contributed by atoms with Crippen molar-refractivity contribution >= 4 is 23.4 Å². The van der Waals surface area contributed by atoms with Gasteiger partial charge in [-0.05, 0) is 18.2 Å². The number of nitro groups is 1. The van der Waals surface area contributed by atoms with E-state index in [4.69, 9.17) is 0 Å². The predicted octanol–water partition coefficient (Wildman–Crippen LogP) is 2.85. The number of carbonyl (C=O) groups is 1. The lowest BCUT2D eigenvalue weighted by Crippen LogP contribution is -2.07. The van der Waals surface area contributed by atoms with Crippen molar-refractivity contribution in [2.45, 2.75) is 6.42 Å². The molecule has 2 heterocycles. The van der Waals surface area contributed by atoms with Crippen LogP contribution in [0, 0.1) is 10.1 Å². The van der Waals surface area contributed by atoms with Crippen LogP contribution in [0.4, 0.5) is 5.69 Å². The number of nitrogens with zero attached hydrogens (tertiary/aromatic N) is 4. The molecule has 0 radical (unpaired) electrons. The number of aliphatic imine (C=N–C) groups is 1. The molecule has 1 aliphatic rings. The predicted molar refractivity (Wildman–Crippen MR) is 87.4 cm³/mol. The molecule has 1 aromatic carbocycles. The second-order valence-electron chi connectivity index (χ2n) is 4.96. The lowest BCUT2D eigenvalue weighted by molar-refractivity contribution is -0.384. The summed E-state index contributed by atoms with van der Waals surface area (Å²) in [6.07, 6.45) is 7.75. The number of non-ortho nitro benzene ring substituents is 1. The third-order valence-corrected chi connectivity index (χ3v) is 3.39. The number of rotatable bonds is 4. The average molecular weight is 324 g/mol. The molecule has 0 bridgehead atoms. The molecule has 0 fully saturated rings. The number of benzene rings is 1. The monoisotopic (exact) mass is 324 g/mol. The third-order valence-electron chi connectivity index (χ3n) is 3.39. The zero-order valence-corrected chi connectivity index (χ0v) is 12.4. The summed E-state index contributed by atoms with van der Waals surface area (Å²) in [5.74, 6) is -1.14. The van der Waals surface area contributed by atoms with Crippen molar-refractivity contribution in [1.82, 2.24) is 9.78 Å². The summed E-state index contributed by atoms with van der Waals surface area (Å²) < 4.78 is 1.24. The maximum atomic E-state index is 11.5. The summed E-state index contributed by atoms with van der Waals surface area (Å²) in [5, 5.41) is 24.4. The average Bonchev–Trinajstić information content (AvgIpc) is 2.84. The van der Waals surface area contributed by atoms with Crippen molar-refractivity contribution in [3.05, 3.63) is 70.2 Å². The van der Waals surface area contributed by atoms with Crippen molar-refractivity contribution in [1.29, 1.82) is 0 Å². The lowest BCUT2D eigenvalue weighted by Gasteiger charge is -2.03. The van der Waals surface area contributed by atoms with Crippen LogP contribution in [-0.2, 0) is 0 Å². The Morgan fingerprint density at radius 3 is 2.71 bits per heavy atom. The Kier molecular flexibility index (Phi) is 4.02. The highest BCUT2D eigenvalue weighted by Crippen LogP contribution is 2.22. The minimum Gasteiger partial charge on any atom is -0.477 e. The van der Waals surface area contributed by atoms with E-state index in [9.17, 15) is 20.0 Å². The molecule has 1 aliphatic heterocycles. The van der Waals surface area contributed by atoms with Crippen LogP contribution >= 0.6 is 0 Å². The fourth-order valence-corrected chi connectivity index (χ4v) is 2.23. The maximum Gasteiger partial charge on any atom is 0.354 e. The van der Waals surface area contributed by atoms with Crippen molar-refractivity contribution in [2.75, 3.05) is 0 Å². The molecule has 0 unspecified atom stereocenters. The maximum absolute atomic E-state index is 11.5. The largest absolute Gasteiger partial charge is 0.477 e. The van der Waals surface area contributed by atoms with Gasteiger partial charge in [0.1, 0.15) is 0 Å². The summed E-state index contributed by atoms with van der Waals surface area (Å²) in [6.45, 7) is 0. The number of aromatic nitrogens is 2. The van der Waals surface area contributed by atoms with E-state index in [-0.39, 0.29) is 11.4 Å². The van der Waals surface area contributed by atoms with Crippen LogP contribution < -0.4 is 0 Å². The van der Waals surface area contributed by atoms with Crippen LogP contribution in [0.1, 0.15) is 22.6 Å². The molecule has 0 spiro atoms. The quantitative estimate of drug-likeness (QED) is 0.686. The second-order valence-corrected chi connectivity index (χ2v) is 4.96. The van der Waals surface area contributed by atoms with E-state index in [1.54, 1.807) is 12.4 Å². The van der Waals surface area contributed by atoms with Gasteiger partial charge in [0.25, 0.3) is 5.69 Å². The molecule has 0 atom stereocenters. The van der Waals surface area contributed by atoms with Gasteiger partial charge < -0.3 is 5.11 Å². The molecule has 3 rings (SSSR count). The van der Waals surface area contributed by atoms with Gasteiger partial charge in [0.2, 0.25) is 0 Å². The first-order chi connectivity index (χ1) is 11.6. The highest BCUT2D eigenvalue weighted by molar-refractivity contribution is 5.88. The van der Waals surface area contributed by atoms with Gasteiger partial charge in [0, 0.05) is 36.5 Å². The van der Waals surface area contributed by atoms with Gasteiger partial charge in [-0.2, -0.15) is 5.10 Å². The van der Waals surface area contributed by atoms with Crippen LogP contribution in [0.3, 0.4) is 0 Å². The van der Waals surface area contributed by atoms with Crippen LogP contribution in [-0.4, -0.2) is 32.0 Å². The standard InChI is InChI=1S/C16H12N4O4/c21-16(22)15-9-14(11-3-1-2-8-17-10-11)18-19(15)12-4-6-13(7-5-12)20(23)24/h1,3-10H,2H2,(H,21,22). The van der Waals surface area contributed by atoms with E-state index < -0.39 is 10.9 Å². The first kappa shape index (κ1) is 15.3. The minimum absolute atomic E-state index is 0.0404. The highest BCUT2D eigenvalue weighted by atomic mass is 16.6. The molecule has 120 valence electrons. The Balaban J connectivity index is 2.07. The number of hydrogen-bond acceptors (Lipinski definition) is 5. The van der Waals surface area contributed by atoms with E-state index in [0.29, 0.717) is 23.4 Å². The van der Waals surface area contributed by atoms with Gasteiger partial charge in [0.05, 0.1) is 16.3 Å². The number of carboxylic acid groups (broad SMARTS) is 1. The summed E-state index contributed by atoms with van der Waals surface area (Å²) in [6, 6.07) is 6.96. The summed E-state index contributed by atoms with van der Waals surface area (Å²) in [7, 11) is 0. The molecule has 8 heteroatoms. The number of aromatic carboxylic acids is 1. The van der Waals surface area contributed by atoms with E-state index in [2.05, 4.69) is 10.1 Å². The molecule has 1 N–H and O–H groups in total. The summed E-state index contributed by atoms with van der Waals surface area (Å²) in [5.41, 5.74) is 1.45. The van der Waals surface area contributed by atoms with E-state index in [0.717, 1.165) is 0 Å². The van der Waals surface area contributed by atoms with E-state index in [1.807, 2.05) is 12.2 Å². The van der Waals surface area contributed by atoms with Crippen molar-refractivity contribution in [3.8, 4) is 5.69 Å². The zero-order valence-electron chi connectivity index (χ0n) is 12.4. The Hall–Kier alpha value is -3.55. The van der Waals surface area contributed by atoms with E-state index in [1.165, 1.54) is 35.0 Å². The number of allylic oxidation sites excluding steroid dienone is 3. The first-order valence-corrected chi connectivity index (χ1v) is 7.03. The molecule has 1 aromatic heterocycles. The Labute approximate surface area is 136 Å². The molecule has 0 saturated heterocycles. The third kappa shape index (κ3) is 2.98. The fourth-order valence-electron chi connectivity index (χ4n) is 2.23. The molecule has 24 heavy (non-hydrogen) atoms. The van der Waals surface area contributed by atoms with Crippen molar-refractivity contribution < 1.29 is 14.8 Å². The number of carboxylic acids is 1. The van der Waals surface area contributed by atoms with Gasteiger partial charge >= 0.3 is 5.97 Å². The van der Waals surface area contributed by atoms with Gasteiger partial charge in [0.15, 0.2) is 5.69 Å². The second kappa shape index (κ2) is 6.29. The van der Waals surface area contributed by atoms with E-state index >= 15 is 0 Å². The Morgan fingerprint density at radius 1 is 1.29 bits per heavy atom. The van der Waals surface area contributed by atoms with Crippen molar-refractivity contribution in [2.24, 2.45) is 4.99 Å². The number of nitro benzene ring substituents is 1. The topological polar surface area (TPSA) is 111 Å². The van der Waals surface area contributed by atoms with Crippen LogP contribution in [0.2, 0.25) is 0 Å². The molecule has 0 aliphatic carbocycles. The van der Waals surface area contributed by atoms with Gasteiger partial charge in [-0.3, -0.25) is 15.1 Å². The van der Waals surface area contributed by atoms with Crippen LogP contribution in [0.5, 0.6) is 0 Å². The zero-order chi connectivity index (χ0) is 17.1. The highest BCUT2D eigenvalue weighted by Gasteiger charge is 2.18. The summed E-state index contributed by atoms with van der Waals surface area (Å²) in [4.78, 5) is 25.8. The van der Waals surface area contributed by atoms with Gasteiger partial charge in [-0.15, -0.1) is 0 Å². The minimum atomic E-state index is -1.14. The molecule has 0 saturated carbocycles. The van der Waals surface area contributed by atoms with Crippen LogP contribution in [0.15, 0.2) is 53.7 Å². The number of hydrogen-bond donors (Lipinski definition) is 1. The first-order valence-electron chi connectivity index (χ1n) is 7.03. The molecular formula is C16H12N4O4. The molecule has 8 nitrogen and oxygen atoms in total. The lowest BCUT2D eigenvalue weighted by atomic mass is 10.2. The Bertz CT molecular complexity index is 891. The smallest absolute Gasteiger partial charge is 0.354 e. The molecular weight excluding hydrogens is 312 g/mol. The fraction of sp³-hybridized carbons (Fsp3) is 0.0625. The van der Waals surface area contributed by atoms with Crippen molar-refractivity contribution in [3.63, 3.8) is 0 Å². The normalized spacial score (nSPS) is 13.4. The molecule has 2 aromatic rings. The summed E-state index contributed by atoms with van der Waals surface area (Å²) >= 11 is 0. The van der Waals surface area contributed by atoms with Gasteiger partial charge in [-0.25, -0.2) is 9.48 Å². The Morgan fingerprint density at radius 2 is 2.04 bits per heavy atom. The molecule has 0 amide bonds.